The number of nitrogens with zero attached hydrogens (tertiary/aromatic N) is 4. The van der Waals surface area contributed by atoms with Crippen LogP contribution >= 0.6 is 0 Å². The third-order valence-electron chi connectivity index (χ3n) is 5.25. The van der Waals surface area contributed by atoms with Crippen LogP contribution in [-0.2, 0) is 0 Å². The SMILES string of the molecule is CNc1cc(Nc2cccnc2OC2CC2)nc2c(C(=O)NC3CCC3)cnn12. The Hall–Kier alpha value is -3.36. The van der Waals surface area contributed by atoms with Crippen molar-refractivity contribution in [3.05, 3.63) is 36.2 Å². The lowest BCUT2D eigenvalue weighted by Gasteiger charge is -2.26. The Labute approximate surface area is 167 Å². The number of carbonyl (C=O) groups excluding carboxylic acids is 1. The summed E-state index contributed by atoms with van der Waals surface area (Å²) in [6.07, 6.45) is 8.83. The molecular formula is C20H23N7O2. The van der Waals surface area contributed by atoms with E-state index in [1.54, 1.807) is 24.0 Å². The van der Waals surface area contributed by atoms with Crippen molar-refractivity contribution in [2.75, 3.05) is 17.7 Å². The van der Waals surface area contributed by atoms with Crippen molar-refractivity contribution < 1.29 is 9.53 Å². The number of aromatic nitrogens is 4. The molecule has 2 aliphatic rings. The van der Waals surface area contributed by atoms with E-state index in [9.17, 15) is 4.79 Å². The molecule has 1 amide bonds. The van der Waals surface area contributed by atoms with E-state index >= 15 is 0 Å². The van der Waals surface area contributed by atoms with E-state index in [0.29, 0.717) is 28.7 Å². The third-order valence-corrected chi connectivity index (χ3v) is 5.25. The lowest BCUT2D eigenvalue weighted by atomic mass is 9.93. The number of pyridine rings is 1. The van der Waals surface area contributed by atoms with E-state index in [-0.39, 0.29) is 18.1 Å². The fraction of sp³-hybridized carbons (Fsp3) is 0.400. The predicted octanol–water partition coefficient (Wildman–Crippen LogP) is 2.73. The van der Waals surface area contributed by atoms with Crippen molar-refractivity contribution in [2.24, 2.45) is 0 Å². The van der Waals surface area contributed by atoms with E-state index in [1.165, 1.54) is 0 Å². The lowest BCUT2D eigenvalue weighted by Crippen LogP contribution is -2.39. The predicted molar refractivity (Wildman–Crippen MR) is 109 cm³/mol. The zero-order chi connectivity index (χ0) is 19.8. The summed E-state index contributed by atoms with van der Waals surface area (Å²) in [6.45, 7) is 0. The van der Waals surface area contributed by atoms with Crippen molar-refractivity contribution >= 4 is 28.9 Å². The van der Waals surface area contributed by atoms with Gasteiger partial charge in [0.25, 0.3) is 5.91 Å². The second kappa shape index (κ2) is 7.23. The Morgan fingerprint density at radius 3 is 2.86 bits per heavy atom. The van der Waals surface area contributed by atoms with Gasteiger partial charge in [-0.2, -0.15) is 9.61 Å². The highest BCUT2D eigenvalue weighted by molar-refractivity contribution is 6.00. The summed E-state index contributed by atoms with van der Waals surface area (Å²) in [6, 6.07) is 5.83. The molecule has 3 N–H and O–H groups in total. The zero-order valence-electron chi connectivity index (χ0n) is 16.2. The van der Waals surface area contributed by atoms with Crippen LogP contribution in [0.3, 0.4) is 0 Å². The molecule has 3 aromatic heterocycles. The molecule has 0 saturated heterocycles. The molecule has 3 heterocycles. The Morgan fingerprint density at radius 2 is 2.14 bits per heavy atom. The monoisotopic (exact) mass is 393 g/mol. The number of rotatable bonds is 7. The van der Waals surface area contributed by atoms with Gasteiger partial charge in [0, 0.05) is 25.4 Å². The summed E-state index contributed by atoms with van der Waals surface area (Å²) in [5, 5.41) is 13.8. The summed E-state index contributed by atoms with van der Waals surface area (Å²) < 4.78 is 7.51. The van der Waals surface area contributed by atoms with E-state index < -0.39 is 0 Å². The van der Waals surface area contributed by atoms with Gasteiger partial charge in [0.15, 0.2) is 5.65 Å². The summed E-state index contributed by atoms with van der Waals surface area (Å²) in [5.74, 6) is 1.71. The second-order valence-corrected chi connectivity index (χ2v) is 7.47. The maximum absolute atomic E-state index is 12.7. The molecular weight excluding hydrogens is 370 g/mol. The molecule has 5 rings (SSSR count). The van der Waals surface area contributed by atoms with Crippen molar-refractivity contribution in [1.82, 2.24) is 24.9 Å². The first kappa shape index (κ1) is 17.7. The quantitative estimate of drug-likeness (QED) is 0.567. The van der Waals surface area contributed by atoms with Crippen LogP contribution in [0.1, 0.15) is 42.5 Å². The molecule has 3 aromatic rings. The van der Waals surface area contributed by atoms with Crippen molar-refractivity contribution in [1.29, 1.82) is 0 Å². The molecule has 0 bridgehead atoms. The average Bonchev–Trinajstić information content (AvgIpc) is 3.41. The zero-order valence-corrected chi connectivity index (χ0v) is 16.2. The van der Waals surface area contributed by atoms with Gasteiger partial charge in [0.2, 0.25) is 5.88 Å². The van der Waals surface area contributed by atoms with Crippen LogP contribution < -0.4 is 20.7 Å². The molecule has 0 aliphatic heterocycles. The van der Waals surface area contributed by atoms with Crippen LogP contribution in [0.5, 0.6) is 5.88 Å². The number of anilines is 3. The van der Waals surface area contributed by atoms with Gasteiger partial charge in [0.1, 0.15) is 29.0 Å². The highest BCUT2D eigenvalue weighted by Crippen LogP contribution is 2.32. The van der Waals surface area contributed by atoms with Crippen molar-refractivity contribution in [2.45, 2.75) is 44.2 Å². The minimum Gasteiger partial charge on any atom is -0.473 e. The fourth-order valence-electron chi connectivity index (χ4n) is 3.24. The number of hydrogen-bond donors (Lipinski definition) is 3. The molecule has 9 nitrogen and oxygen atoms in total. The van der Waals surface area contributed by atoms with E-state index in [1.807, 2.05) is 18.2 Å². The molecule has 0 aromatic carbocycles. The summed E-state index contributed by atoms with van der Waals surface area (Å²) in [4.78, 5) is 21.7. The average molecular weight is 393 g/mol. The fourth-order valence-corrected chi connectivity index (χ4v) is 3.24. The topological polar surface area (TPSA) is 105 Å². The van der Waals surface area contributed by atoms with Gasteiger partial charge in [-0.1, -0.05) is 0 Å². The molecule has 0 spiro atoms. The molecule has 0 unspecified atom stereocenters. The number of nitrogens with one attached hydrogen (secondary N) is 3. The normalized spacial score (nSPS) is 16.3. The molecule has 150 valence electrons. The molecule has 29 heavy (non-hydrogen) atoms. The number of amides is 1. The van der Waals surface area contributed by atoms with Gasteiger partial charge in [-0.25, -0.2) is 9.97 Å². The Morgan fingerprint density at radius 1 is 1.28 bits per heavy atom. The first-order valence-corrected chi connectivity index (χ1v) is 9.97. The van der Waals surface area contributed by atoms with Gasteiger partial charge >= 0.3 is 0 Å². The van der Waals surface area contributed by atoms with E-state index in [0.717, 1.165) is 37.8 Å². The smallest absolute Gasteiger partial charge is 0.256 e. The Kier molecular flexibility index (Phi) is 4.42. The van der Waals surface area contributed by atoms with Gasteiger partial charge in [0.05, 0.1) is 6.20 Å². The molecule has 2 aliphatic carbocycles. The Bertz CT molecular complexity index is 1060. The van der Waals surface area contributed by atoms with E-state index in [4.69, 9.17) is 4.74 Å². The maximum Gasteiger partial charge on any atom is 0.256 e. The van der Waals surface area contributed by atoms with Crippen LogP contribution in [0.2, 0.25) is 0 Å². The van der Waals surface area contributed by atoms with Crippen LogP contribution in [0.15, 0.2) is 30.6 Å². The van der Waals surface area contributed by atoms with Crippen LogP contribution in [0.25, 0.3) is 5.65 Å². The molecule has 0 radical (unpaired) electrons. The summed E-state index contributed by atoms with van der Waals surface area (Å²) in [5.41, 5.74) is 1.68. The number of carbonyl (C=O) groups is 1. The minimum absolute atomic E-state index is 0.143. The highest BCUT2D eigenvalue weighted by atomic mass is 16.5. The molecule has 0 atom stereocenters. The van der Waals surface area contributed by atoms with Crippen LogP contribution in [0.4, 0.5) is 17.3 Å². The van der Waals surface area contributed by atoms with Gasteiger partial charge in [-0.15, -0.1) is 0 Å². The maximum atomic E-state index is 12.7. The number of fused-ring (bicyclic) bond motifs is 1. The highest BCUT2D eigenvalue weighted by Gasteiger charge is 2.26. The first-order valence-electron chi connectivity index (χ1n) is 9.97. The summed E-state index contributed by atoms with van der Waals surface area (Å²) >= 11 is 0. The largest absolute Gasteiger partial charge is 0.473 e. The number of ether oxygens (including phenoxy) is 1. The van der Waals surface area contributed by atoms with E-state index in [2.05, 4.69) is 31.0 Å². The van der Waals surface area contributed by atoms with Crippen LogP contribution in [0, 0.1) is 0 Å². The van der Waals surface area contributed by atoms with Gasteiger partial charge in [-0.05, 0) is 44.2 Å². The standard InChI is InChI=1S/C20H23N7O2/c1-21-17-10-16(25-15-6-3-9-22-20(15)29-13-7-8-13)26-18-14(11-23-27(17)18)19(28)24-12-4-2-5-12/h3,6,9-13,21H,2,4-5,7-8H2,1H3,(H,24,28)(H,25,26). The van der Waals surface area contributed by atoms with Gasteiger partial charge < -0.3 is 20.7 Å². The lowest BCUT2D eigenvalue weighted by molar-refractivity contribution is 0.0918. The van der Waals surface area contributed by atoms with Crippen molar-refractivity contribution in [3.8, 4) is 5.88 Å². The third kappa shape index (κ3) is 3.55. The Balaban J connectivity index is 1.47. The summed E-state index contributed by atoms with van der Waals surface area (Å²) in [7, 11) is 1.81. The second-order valence-electron chi connectivity index (χ2n) is 7.47. The molecule has 2 fully saturated rings. The molecule has 2 saturated carbocycles. The first-order chi connectivity index (χ1) is 14.2. The molecule has 9 heteroatoms. The van der Waals surface area contributed by atoms with Crippen molar-refractivity contribution in [3.63, 3.8) is 0 Å². The van der Waals surface area contributed by atoms with Crippen LogP contribution in [-0.4, -0.2) is 44.7 Å². The van der Waals surface area contributed by atoms with Gasteiger partial charge in [-0.3, -0.25) is 4.79 Å². The minimum atomic E-state index is -0.143. The number of hydrogen-bond acceptors (Lipinski definition) is 7.